The number of hydrogen-bond donors (Lipinski definition) is 1. The van der Waals surface area contributed by atoms with E-state index in [1.807, 2.05) is 37.8 Å². The fourth-order valence-corrected chi connectivity index (χ4v) is 4.49. The Morgan fingerprint density at radius 3 is 2.14 bits per heavy atom. The number of pyridine rings is 2. The third kappa shape index (κ3) is 4.23. The van der Waals surface area contributed by atoms with Crippen LogP contribution in [0.1, 0.15) is 53.1 Å². The largest absolute Gasteiger partial charge is 0.381 e. The molecule has 0 unspecified atom stereocenters. The summed E-state index contributed by atoms with van der Waals surface area (Å²) in [5.41, 5.74) is 5.86. The van der Waals surface area contributed by atoms with Gasteiger partial charge in [-0.2, -0.15) is 0 Å². The van der Waals surface area contributed by atoms with Crippen LogP contribution in [0.2, 0.25) is 0 Å². The highest BCUT2D eigenvalue weighted by atomic mass is 16.5. The van der Waals surface area contributed by atoms with Crippen LogP contribution in [0.3, 0.4) is 0 Å². The summed E-state index contributed by atoms with van der Waals surface area (Å²) in [5.74, 6) is 0. The summed E-state index contributed by atoms with van der Waals surface area (Å²) in [6, 6.07) is 8.67. The normalized spacial score (nSPS) is 22.7. The molecule has 3 aromatic heterocycles. The van der Waals surface area contributed by atoms with E-state index in [0.717, 1.165) is 42.9 Å². The van der Waals surface area contributed by atoms with E-state index >= 15 is 0 Å². The Balaban J connectivity index is 1.73. The van der Waals surface area contributed by atoms with E-state index in [4.69, 9.17) is 14.7 Å². The number of piperidine rings is 1. The summed E-state index contributed by atoms with van der Waals surface area (Å²) < 4.78 is 5.87. The predicted octanol–water partition coefficient (Wildman–Crippen LogP) is 3.95. The number of imidazole rings is 1. The van der Waals surface area contributed by atoms with E-state index in [1.165, 1.54) is 11.1 Å². The number of aromatic nitrogens is 4. The lowest BCUT2D eigenvalue weighted by molar-refractivity contribution is -0.0268. The van der Waals surface area contributed by atoms with Crippen molar-refractivity contribution in [3.63, 3.8) is 0 Å². The van der Waals surface area contributed by atoms with Crippen LogP contribution in [0.5, 0.6) is 0 Å². The first kappa shape index (κ1) is 19.7. The lowest BCUT2D eigenvalue weighted by atomic mass is 9.86. The molecule has 0 bridgehead atoms. The number of methoxy groups -OCH3 is 1. The van der Waals surface area contributed by atoms with Crippen molar-refractivity contribution in [2.45, 2.75) is 51.3 Å². The van der Waals surface area contributed by atoms with Gasteiger partial charge in [-0.3, -0.25) is 14.9 Å². The van der Waals surface area contributed by atoms with Crippen molar-refractivity contribution in [2.75, 3.05) is 13.7 Å². The summed E-state index contributed by atoms with van der Waals surface area (Å²) >= 11 is 0. The molecule has 6 heteroatoms. The zero-order chi connectivity index (χ0) is 20.2. The molecule has 0 spiro atoms. The minimum absolute atomic E-state index is 0.177. The number of H-pyrrole nitrogens is 1. The Kier molecular flexibility index (Phi) is 6.02. The first-order valence-corrected chi connectivity index (χ1v) is 10.3. The SMILES string of the molecule is CO[C@@H]1C[C@H](c2ncccc2C)N(CCc2cnc[nH]2)[C@H](c2ncccc2C)C1. The average molecular weight is 392 g/mol. The monoisotopic (exact) mass is 391 g/mol. The molecule has 0 radical (unpaired) electrons. The topological polar surface area (TPSA) is 66.9 Å². The van der Waals surface area contributed by atoms with E-state index in [9.17, 15) is 0 Å². The van der Waals surface area contributed by atoms with Crippen LogP contribution < -0.4 is 0 Å². The number of aromatic amines is 1. The van der Waals surface area contributed by atoms with Gasteiger partial charge in [-0.05, 0) is 49.9 Å². The lowest BCUT2D eigenvalue weighted by Gasteiger charge is -2.45. The highest BCUT2D eigenvalue weighted by Gasteiger charge is 2.39. The van der Waals surface area contributed by atoms with Gasteiger partial charge in [0.25, 0.3) is 0 Å². The molecule has 1 aliphatic rings. The van der Waals surface area contributed by atoms with Gasteiger partial charge in [-0.15, -0.1) is 0 Å². The molecule has 4 rings (SSSR count). The average Bonchev–Trinajstić information content (AvgIpc) is 3.26. The molecule has 0 amide bonds. The number of ether oxygens (including phenoxy) is 1. The van der Waals surface area contributed by atoms with Gasteiger partial charge in [-0.1, -0.05) is 12.1 Å². The van der Waals surface area contributed by atoms with Gasteiger partial charge in [0.15, 0.2) is 0 Å². The molecular formula is C23H29N5O. The van der Waals surface area contributed by atoms with Gasteiger partial charge in [0, 0.05) is 44.4 Å². The van der Waals surface area contributed by atoms with Crippen LogP contribution >= 0.6 is 0 Å². The zero-order valence-electron chi connectivity index (χ0n) is 17.4. The maximum atomic E-state index is 5.87. The number of nitrogens with one attached hydrogen (secondary N) is 1. The molecule has 1 aliphatic heterocycles. The quantitative estimate of drug-likeness (QED) is 0.689. The fraction of sp³-hybridized carbons (Fsp3) is 0.435. The molecule has 4 heterocycles. The van der Waals surface area contributed by atoms with E-state index in [0.29, 0.717) is 0 Å². The van der Waals surface area contributed by atoms with Crippen molar-refractivity contribution >= 4 is 0 Å². The van der Waals surface area contributed by atoms with Crippen molar-refractivity contribution in [3.8, 4) is 0 Å². The number of hydrogen-bond acceptors (Lipinski definition) is 5. The summed E-state index contributed by atoms with van der Waals surface area (Å²) in [6.45, 7) is 5.19. The minimum atomic E-state index is 0.177. The summed E-state index contributed by atoms with van der Waals surface area (Å²) in [6.07, 6.45) is 10.4. The van der Waals surface area contributed by atoms with Gasteiger partial charge in [-0.25, -0.2) is 4.98 Å². The van der Waals surface area contributed by atoms with Crippen LogP contribution in [0.25, 0.3) is 0 Å². The Morgan fingerprint density at radius 2 is 1.66 bits per heavy atom. The predicted molar refractivity (Wildman–Crippen MR) is 112 cm³/mol. The third-order valence-electron chi connectivity index (χ3n) is 6.03. The van der Waals surface area contributed by atoms with Crippen molar-refractivity contribution < 1.29 is 4.74 Å². The Hall–Kier alpha value is -2.57. The second-order valence-electron chi connectivity index (χ2n) is 7.84. The van der Waals surface area contributed by atoms with Gasteiger partial charge in [0.1, 0.15) is 0 Å². The third-order valence-corrected chi connectivity index (χ3v) is 6.03. The molecule has 152 valence electrons. The molecule has 29 heavy (non-hydrogen) atoms. The summed E-state index contributed by atoms with van der Waals surface area (Å²) in [4.78, 5) is 19.5. The smallest absolute Gasteiger partial charge is 0.0921 e. The fourth-order valence-electron chi connectivity index (χ4n) is 4.49. The molecular weight excluding hydrogens is 362 g/mol. The first-order chi connectivity index (χ1) is 14.2. The highest BCUT2D eigenvalue weighted by molar-refractivity contribution is 5.26. The molecule has 0 saturated carbocycles. The Bertz CT molecular complexity index is 871. The molecule has 1 N–H and O–H groups in total. The Labute approximate surface area is 172 Å². The van der Waals surface area contributed by atoms with Crippen LogP contribution in [-0.2, 0) is 11.2 Å². The Morgan fingerprint density at radius 1 is 1.03 bits per heavy atom. The molecule has 1 saturated heterocycles. The second kappa shape index (κ2) is 8.84. The van der Waals surface area contributed by atoms with E-state index < -0.39 is 0 Å². The summed E-state index contributed by atoms with van der Waals surface area (Å²) in [7, 11) is 1.82. The van der Waals surface area contributed by atoms with E-state index in [2.05, 4.69) is 40.8 Å². The van der Waals surface area contributed by atoms with Crippen molar-refractivity contribution in [1.82, 2.24) is 24.8 Å². The standard InChI is InChI=1S/C23H29N5O/c1-16-6-4-9-25-22(16)20-12-19(29-3)13-21(23-17(2)7-5-10-26-23)28(20)11-8-18-14-24-15-27-18/h4-7,9-10,14-15,19-21H,8,11-13H2,1-3H3,(H,24,27)/t19-,20-,21+. The number of rotatable bonds is 6. The molecule has 3 aromatic rings. The van der Waals surface area contributed by atoms with Crippen LogP contribution in [-0.4, -0.2) is 44.6 Å². The van der Waals surface area contributed by atoms with Crippen molar-refractivity contribution in [1.29, 1.82) is 0 Å². The van der Waals surface area contributed by atoms with Crippen LogP contribution in [0.15, 0.2) is 49.2 Å². The maximum absolute atomic E-state index is 5.87. The minimum Gasteiger partial charge on any atom is -0.381 e. The molecule has 6 nitrogen and oxygen atoms in total. The maximum Gasteiger partial charge on any atom is 0.0921 e. The van der Waals surface area contributed by atoms with Crippen LogP contribution in [0, 0.1) is 13.8 Å². The molecule has 0 aromatic carbocycles. The summed E-state index contributed by atoms with van der Waals surface area (Å²) in [5, 5.41) is 0. The molecule has 1 fully saturated rings. The van der Waals surface area contributed by atoms with Crippen LogP contribution in [0.4, 0.5) is 0 Å². The number of likely N-dealkylation sites (tertiary alicyclic amines) is 1. The number of nitrogens with zero attached hydrogens (tertiary/aromatic N) is 4. The van der Waals surface area contributed by atoms with Gasteiger partial charge in [0.2, 0.25) is 0 Å². The van der Waals surface area contributed by atoms with Gasteiger partial charge in [0.05, 0.1) is 35.9 Å². The van der Waals surface area contributed by atoms with Crippen molar-refractivity contribution in [3.05, 3.63) is 77.4 Å². The van der Waals surface area contributed by atoms with E-state index in [1.54, 1.807) is 6.33 Å². The molecule has 0 aliphatic carbocycles. The molecule has 3 atom stereocenters. The highest BCUT2D eigenvalue weighted by Crippen LogP contribution is 2.43. The zero-order valence-corrected chi connectivity index (χ0v) is 17.4. The second-order valence-corrected chi connectivity index (χ2v) is 7.84. The lowest BCUT2D eigenvalue weighted by Crippen LogP contribution is -2.44. The van der Waals surface area contributed by atoms with Gasteiger partial charge >= 0.3 is 0 Å². The first-order valence-electron chi connectivity index (χ1n) is 10.3. The number of aryl methyl sites for hydroxylation is 2. The van der Waals surface area contributed by atoms with E-state index in [-0.39, 0.29) is 18.2 Å². The van der Waals surface area contributed by atoms with Crippen molar-refractivity contribution in [2.24, 2.45) is 0 Å². The van der Waals surface area contributed by atoms with Gasteiger partial charge < -0.3 is 9.72 Å².